The fourth-order valence-electron chi connectivity index (χ4n) is 3.79. The van der Waals surface area contributed by atoms with Gasteiger partial charge in [0.1, 0.15) is 17.1 Å². The minimum Gasteiger partial charge on any atom is -0.493 e. The highest BCUT2D eigenvalue weighted by Gasteiger charge is 2.18. The molecule has 4 aromatic rings. The minimum absolute atomic E-state index is 0.268. The third kappa shape index (κ3) is 4.48. The molecule has 34 heavy (non-hydrogen) atoms. The molecule has 0 unspecified atom stereocenters. The van der Waals surface area contributed by atoms with Crippen LogP contribution in [-0.2, 0) is 13.5 Å². The van der Waals surface area contributed by atoms with E-state index in [9.17, 15) is 9.59 Å². The van der Waals surface area contributed by atoms with Gasteiger partial charge in [-0.25, -0.2) is 10.5 Å². The highest BCUT2D eigenvalue weighted by molar-refractivity contribution is 5.93. The second kappa shape index (κ2) is 9.75. The molecule has 0 saturated carbocycles. The Bertz CT molecular complexity index is 1390. The Morgan fingerprint density at radius 1 is 1.15 bits per heavy atom. The van der Waals surface area contributed by atoms with Gasteiger partial charge < -0.3 is 15.0 Å². The second-order valence-corrected chi connectivity index (χ2v) is 7.72. The van der Waals surface area contributed by atoms with Gasteiger partial charge in [0.15, 0.2) is 5.52 Å². The standard InChI is InChI=1S/C24H26N6O4/c1-4-6-18-20-21(30(3)28-18)24(32)27-22(26-20)17-13-16(11-12-19(17)34-5-2)25-15-9-7-14(8-10-15)23(31)29-33/h7-13,25,33H,4-6H2,1-3H3,(H,29,31)(H,26,27,32). The number of rotatable bonds is 8. The van der Waals surface area contributed by atoms with Crippen molar-refractivity contribution in [1.29, 1.82) is 0 Å². The van der Waals surface area contributed by atoms with Crippen molar-refractivity contribution in [1.82, 2.24) is 25.2 Å². The van der Waals surface area contributed by atoms with Gasteiger partial charge in [-0.3, -0.25) is 19.5 Å². The first kappa shape index (κ1) is 23.0. The molecule has 10 nitrogen and oxygen atoms in total. The van der Waals surface area contributed by atoms with Crippen molar-refractivity contribution in [3.8, 4) is 17.1 Å². The lowest BCUT2D eigenvalue weighted by atomic mass is 10.1. The molecule has 4 N–H and O–H groups in total. The Morgan fingerprint density at radius 3 is 2.56 bits per heavy atom. The third-order valence-electron chi connectivity index (χ3n) is 5.32. The lowest BCUT2D eigenvalue weighted by Gasteiger charge is -2.13. The van der Waals surface area contributed by atoms with Crippen LogP contribution in [0.4, 0.5) is 11.4 Å². The van der Waals surface area contributed by atoms with E-state index < -0.39 is 5.91 Å². The van der Waals surface area contributed by atoms with E-state index in [1.54, 1.807) is 41.5 Å². The minimum atomic E-state index is -0.585. The summed E-state index contributed by atoms with van der Waals surface area (Å²) >= 11 is 0. The van der Waals surface area contributed by atoms with Gasteiger partial charge in [-0.2, -0.15) is 5.10 Å². The lowest BCUT2D eigenvalue weighted by molar-refractivity contribution is 0.0706. The predicted molar refractivity (Wildman–Crippen MR) is 129 cm³/mol. The molecule has 0 spiro atoms. The van der Waals surface area contributed by atoms with E-state index in [0.29, 0.717) is 40.3 Å². The molecule has 2 heterocycles. The summed E-state index contributed by atoms with van der Waals surface area (Å²) in [6.07, 6.45) is 1.61. The lowest BCUT2D eigenvalue weighted by Crippen LogP contribution is -2.18. The quantitative estimate of drug-likeness (QED) is 0.232. The number of carbonyl (C=O) groups is 1. The zero-order valence-electron chi connectivity index (χ0n) is 19.2. The Balaban J connectivity index is 1.76. The summed E-state index contributed by atoms with van der Waals surface area (Å²) in [7, 11) is 1.74. The van der Waals surface area contributed by atoms with Crippen molar-refractivity contribution in [2.24, 2.45) is 7.05 Å². The number of hydrogen-bond donors (Lipinski definition) is 4. The van der Waals surface area contributed by atoms with Crippen molar-refractivity contribution in [3.63, 3.8) is 0 Å². The summed E-state index contributed by atoms with van der Waals surface area (Å²) in [5, 5.41) is 16.5. The van der Waals surface area contributed by atoms with Gasteiger partial charge in [0.25, 0.3) is 11.5 Å². The molecule has 1 amide bonds. The van der Waals surface area contributed by atoms with Gasteiger partial charge >= 0.3 is 0 Å². The topological polar surface area (TPSA) is 134 Å². The van der Waals surface area contributed by atoms with E-state index >= 15 is 0 Å². The Hall–Kier alpha value is -4.18. The number of aromatic amines is 1. The second-order valence-electron chi connectivity index (χ2n) is 7.72. The smallest absolute Gasteiger partial charge is 0.277 e. The van der Waals surface area contributed by atoms with Crippen LogP contribution in [0.15, 0.2) is 47.3 Å². The van der Waals surface area contributed by atoms with Crippen LogP contribution < -0.4 is 21.1 Å². The number of aromatic nitrogens is 4. The van der Waals surface area contributed by atoms with Crippen LogP contribution in [0, 0.1) is 0 Å². The summed E-state index contributed by atoms with van der Waals surface area (Å²) < 4.78 is 7.37. The van der Waals surface area contributed by atoms with Crippen molar-refractivity contribution >= 4 is 28.3 Å². The molecule has 0 bridgehead atoms. The van der Waals surface area contributed by atoms with E-state index in [4.69, 9.17) is 14.9 Å². The number of hydroxylamine groups is 1. The summed E-state index contributed by atoms with van der Waals surface area (Å²) in [5.74, 6) is 0.398. The number of anilines is 2. The van der Waals surface area contributed by atoms with Gasteiger partial charge in [-0.15, -0.1) is 0 Å². The largest absolute Gasteiger partial charge is 0.493 e. The molecule has 2 aromatic heterocycles. The highest BCUT2D eigenvalue weighted by Crippen LogP contribution is 2.32. The molecule has 176 valence electrons. The summed E-state index contributed by atoms with van der Waals surface area (Å²) in [4.78, 5) is 32.1. The molecule has 0 fully saturated rings. The van der Waals surface area contributed by atoms with Crippen LogP contribution in [0.1, 0.15) is 36.3 Å². The van der Waals surface area contributed by atoms with Crippen molar-refractivity contribution < 1.29 is 14.7 Å². The predicted octanol–water partition coefficient (Wildman–Crippen LogP) is 3.54. The number of nitrogens with zero attached hydrogens (tertiary/aromatic N) is 3. The van der Waals surface area contributed by atoms with Crippen LogP contribution in [0.3, 0.4) is 0 Å². The summed E-state index contributed by atoms with van der Waals surface area (Å²) in [6.45, 7) is 4.40. The van der Waals surface area contributed by atoms with Crippen molar-refractivity contribution in [2.75, 3.05) is 11.9 Å². The molecular formula is C24H26N6O4. The van der Waals surface area contributed by atoms with E-state index in [0.717, 1.165) is 29.9 Å². The van der Waals surface area contributed by atoms with Gasteiger partial charge in [0.2, 0.25) is 0 Å². The number of hydrogen-bond acceptors (Lipinski definition) is 7. The molecule has 0 radical (unpaired) electrons. The Morgan fingerprint density at radius 2 is 1.88 bits per heavy atom. The number of H-pyrrole nitrogens is 1. The molecule has 10 heteroatoms. The zero-order valence-corrected chi connectivity index (χ0v) is 19.2. The highest BCUT2D eigenvalue weighted by atomic mass is 16.5. The number of benzene rings is 2. The SMILES string of the molecule is CCCc1nn(C)c2c(=O)[nH]c(-c3cc(Nc4ccc(C(=O)NO)cc4)ccc3OCC)nc12. The van der Waals surface area contributed by atoms with Crippen LogP contribution >= 0.6 is 0 Å². The first-order chi connectivity index (χ1) is 16.4. The summed E-state index contributed by atoms with van der Waals surface area (Å²) in [5.41, 5.74) is 5.58. The van der Waals surface area contributed by atoms with Crippen LogP contribution in [-0.4, -0.2) is 37.5 Å². The van der Waals surface area contributed by atoms with Gasteiger partial charge in [-0.1, -0.05) is 13.3 Å². The van der Waals surface area contributed by atoms with Crippen LogP contribution in [0.5, 0.6) is 5.75 Å². The molecule has 0 saturated heterocycles. The molecule has 2 aromatic carbocycles. The van der Waals surface area contributed by atoms with E-state index in [1.807, 2.05) is 25.1 Å². The monoisotopic (exact) mass is 462 g/mol. The maximum Gasteiger partial charge on any atom is 0.277 e. The van der Waals surface area contributed by atoms with E-state index in [2.05, 4.69) is 22.3 Å². The van der Waals surface area contributed by atoms with Crippen molar-refractivity contribution in [2.45, 2.75) is 26.7 Å². The molecular weight excluding hydrogens is 436 g/mol. The molecule has 0 aliphatic heterocycles. The van der Waals surface area contributed by atoms with Gasteiger partial charge in [-0.05, 0) is 55.8 Å². The average Bonchev–Trinajstić information content (AvgIpc) is 3.16. The fourth-order valence-corrected chi connectivity index (χ4v) is 3.79. The van der Waals surface area contributed by atoms with Gasteiger partial charge in [0.05, 0.1) is 17.9 Å². The van der Waals surface area contributed by atoms with Gasteiger partial charge in [0, 0.05) is 24.0 Å². The maximum absolute atomic E-state index is 12.9. The number of nitrogens with one attached hydrogen (secondary N) is 3. The van der Waals surface area contributed by atoms with E-state index in [-0.39, 0.29) is 5.56 Å². The number of amides is 1. The normalized spacial score (nSPS) is 10.9. The Labute approximate surface area is 195 Å². The fraction of sp³-hybridized carbons (Fsp3) is 0.250. The first-order valence-electron chi connectivity index (χ1n) is 11.0. The van der Waals surface area contributed by atoms with E-state index in [1.165, 1.54) is 0 Å². The molecule has 4 rings (SSSR count). The maximum atomic E-state index is 12.9. The first-order valence-corrected chi connectivity index (χ1v) is 11.0. The summed E-state index contributed by atoms with van der Waals surface area (Å²) in [6, 6.07) is 12.1. The van der Waals surface area contributed by atoms with Crippen molar-refractivity contribution in [3.05, 3.63) is 64.1 Å². The average molecular weight is 463 g/mol. The number of ether oxygens (including phenoxy) is 1. The van der Waals surface area contributed by atoms with Crippen LogP contribution in [0.2, 0.25) is 0 Å². The number of fused-ring (bicyclic) bond motifs is 1. The Kier molecular flexibility index (Phi) is 6.60. The number of aryl methyl sites for hydroxylation is 2. The molecule has 0 aliphatic rings. The molecule has 0 aliphatic carbocycles. The molecule has 0 atom stereocenters. The van der Waals surface area contributed by atoms with Crippen LogP contribution in [0.25, 0.3) is 22.4 Å². The zero-order chi connectivity index (χ0) is 24.2. The number of carbonyl (C=O) groups excluding carboxylic acids is 1. The third-order valence-corrected chi connectivity index (χ3v) is 5.32.